The lowest BCUT2D eigenvalue weighted by Gasteiger charge is -2.14. The molecule has 0 unspecified atom stereocenters. The number of benzene rings is 1. The molecule has 1 aliphatic carbocycles. The number of carbonyl (C=O) groups is 1. The van der Waals surface area contributed by atoms with Crippen LogP contribution in [0.25, 0.3) is 0 Å². The van der Waals surface area contributed by atoms with Gasteiger partial charge in [0.1, 0.15) is 0 Å². The molecule has 0 bridgehead atoms. The van der Waals surface area contributed by atoms with Gasteiger partial charge in [-0.15, -0.1) is 0 Å². The molecule has 2 rings (SSSR count). The van der Waals surface area contributed by atoms with E-state index in [0.29, 0.717) is 0 Å². The first-order valence-electron chi connectivity index (χ1n) is 5.02. The van der Waals surface area contributed by atoms with E-state index in [-0.39, 0.29) is 11.8 Å². The first-order valence-corrected chi connectivity index (χ1v) is 5.40. The standard InChI is InChI=1S/C12H13ClO2/c1-8-6-9(2-3-10(8)13)12(4-5-12)7-11(14)15/h2-3,6H,4-5,7H2,1H3,(H,14,15). The molecule has 1 saturated carbocycles. The number of hydrogen-bond acceptors (Lipinski definition) is 1. The number of carboxylic acid groups (broad SMARTS) is 1. The van der Waals surface area contributed by atoms with Gasteiger partial charge in [-0.3, -0.25) is 4.79 Å². The van der Waals surface area contributed by atoms with E-state index in [1.165, 1.54) is 0 Å². The van der Waals surface area contributed by atoms with E-state index in [1.807, 2.05) is 25.1 Å². The van der Waals surface area contributed by atoms with Crippen LogP contribution in [-0.2, 0) is 10.2 Å². The molecule has 0 atom stereocenters. The van der Waals surface area contributed by atoms with Gasteiger partial charge in [-0.25, -0.2) is 0 Å². The zero-order valence-corrected chi connectivity index (χ0v) is 9.34. The van der Waals surface area contributed by atoms with E-state index in [2.05, 4.69) is 0 Å². The molecule has 0 aliphatic heterocycles. The van der Waals surface area contributed by atoms with E-state index in [0.717, 1.165) is 29.0 Å². The van der Waals surface area contributed by atoms with Gasteiger partial charge in [0.2, 0.25) is 0 Å². The maximum atomic E-state index is 10.8. The third-order valence-electron chi connectivity index (χ3n) is 3.11. The van der Waals surface area contributed by atoms with Crippen LogP contribution >= 0.6 is 11.6 Å². The molecular formula is C12H13ClO2. The first kappa shape index (κ1) is 10.5. The molecule has 1 N–H and O–H groups in total. The highest BCUT2D eigenvalue weighted by Crippen LogP contribution is 2.51. The Labute approximate surface area is 93.9 Å². The summed E-state index contributed by atoms with van der Waals surface area (Å²) in [5.74, 6) is -0.722. The van der Waals surface area contributed by atoms with Gasteiger partial charge in [0.05, 0.1) is 6.42 Å². The zero-order valence-electron chi connectivity index (χ0n) is 8.59. The fourth-order valence-electron chi connectivity index (χ4n) is 1.98. The molecule has 0 spiro atoms. The van der Waals surface area contributed by atoms with Crippen molar-refractivity contribution in [2.75, 3.05) is 0 Å². The number of aryl methyl sites for hydroxylation is 1. The maximum absolute atomic E-state index is 10.8. The largest absolute Gasteiger partial charge is 0.481 e. The van der Waals surface area contributed by atoms with Crippen molar-refractivity contribution in [2.45, 2.75) is 31.6 Å². The van der Waals surface area contributed by atoms with Crippen molar-refractivity contribution in [3.8, 4) is 0 Å². The lowest BCUT2D eigenvalue weighted by atomic mass is 9.91. The van der Waals surface area contributed by atoms with Crippen molar-refractivity contribution >= 4 is 17.6 Å². The van der Waals surface area contributed by atoms with Crippen LogP contribution in [0.2, 0.25) is 5.02 Å². The molecule has 1 fully saturated rings. The molecule has 1 aliphatic rings. The lowest BCUT2D eigenvalue weighted by molar-refractivity contribution is -0.137. The summed E-state index contributed by atoms with van der Waals surface area (Å²) >= 11 is 5.94. The number of halogens is 1. The van der Waals surface area contributed by atoms with Gasteiger partial charge in [0, 0.05) is 10.4 Å². The Balaban J connectivity index is 2.29. The summed E-state index contributed by atoms with van der Waals surface area (Å²) in [5, 5.41) is 9.59. The summed E-state index contributed by atoms with van der Waals surface area (Å²) in [4.78, 5) is 10.8. The zero-order chi connectivity index (χ0) is 11.1. The van der Waals surface area contributed by atoms with Crippen LogP contribution in [-0.4, -0.2) is 11.1 Å². The number of aliphatic carboxylic acids is 1. The van der Waals surface area contributed by atoms with Crippen molar-refractivity contribution in [2.24, 2.45) is 0 Å². The minimum Gasteiger partial charge on any atom is -0.481 e. The summed E-state index contributed by atoms with van der Waals surface area (Å²) in [6.07, 6.45) is 2.18. The van der Waals surface area contributed by atoms with Crippen LogP contribution in [0.5, 0.6) is 0 Å². The number of carboxylic acids is 1. The Morgan fingerprint density at radius 2 is 2.20 bits per heavy atom. The second-order valence-corrected chi connectivity index (χ2v) is 4.72. The third-order valence-corrected chi connectivity index (χ3v) is 3.54. The maximum Gasteiger partial charge on any atom is 0.304 e. The topological polar surface area (TPSA) is 37.3 Å². The minimum absolute atomic E-state index is 0.110. The van der Waals surface area contributed by atoms with Gasteiger partial charge in [-0.2, -0.15) is 0 Å². The molecular weight excluding hydrogens is 212 g/mol. The fourth-order valence-corrected chi connectivity index (χ4v) is 2.10. The molecule has 0 amide bonds. The molecule has 0 radical (unpaired) electrons. The molecule has 2 nitrogen and oxygen atoms in total. The summed E-state index contributed by atoms with van der Waals surface area (Å²) < 4.78 is 0. The number of hydrogen-bond donors (Lipinski definition) is 1. The van der Waals surface area contributed by atoms with Gasteiger partial charge < -0.3 is 5.11 Å². The predicted octanol–water partition coefficient (Wildman–Crippen LogP) is 3.15. The minimum atomic E-state index is -0.722. The van der Waals surface area contributed by atoms with Crippen molar-refractivity contribution in [3.05, 3.63) is 34.3 Å². The highest BCUT2D eigenvalue weighted by molar-refractivity contribution is 6.31. The van der Waals surface area contributed by atoms with Gasteiger partial charge in [0.15, 0.2) is 0 Å². The Kier molecular flexibility index (Phi) is 2.47. The smallest absolute Gasteiger partial charge is 0.304 e. The summed E-state index contributed by atoms with van der Waals surface area (Å²) in [6.45, 7) is 1.95. The normalized spacial score (nSPS) is 17.5. The van der Waals surface area contributed by atoms with Gasteiger partial charge in [-0.1, -0.05) is 23.7 Å². The van der Waals surface area contributed by atoms with Crippen molar-refractivity contribution in [1.29, 1.82) is 0 Å². The Hall–Kier alpha value is -1.02. The molecule has 1 aromatic carbocycles. The first-order chi connectivity index (χ1) is 7.03. The molecule has 0 heterocycles. The Morgan fingerprint density at radius 1 is 1.53 bits per heavy atom. The van der Waals surface area contributed by atoms with E-state index >= 15 is 0 Å². The van der Waals surface area contributed by atoms with E-state index in [9.17, 15) is 4.79 Å². The van der Waals surface area contributed by atoms with Gasteiger partial charge in [0.25, 0.3) is 0 Å². The summed E-state index contributed by atoms with van der Waals surface area (Å²) in [6, 6.07) is 5.82. The lowest BCUT2D eigenvalue weighted by Crippen LogP contribution is -2.12. The molecule has 0 aromatic heterocycles. The SMILES string of the molecule is Cc1cc(C2(CC(=O)O)CC2)ccc1Cl. The van der Waals surface area contributed by atoms with Crippen LogP contribution in [0.4, 0.5) is 0 Å². The fraction of sp³-hybridized carbons (Fsp3) is 0.417. The quantitative estimate of drug-likeness (QED) is 0.857. The van der Waals surface area contributed by atoms with E-state index < -0.39 is 5.97 Å². The molecule has 1 aromatic rings. The van der Waals surface area contributed by atoms with Crippen LogP contribution < -0.4 is 0 Å². The van der Waals surface area contributed by atoms with Gasteiger partial charge in [-0.05, 0) is 37.0 Å². The molecule has 15 heavy (non-hydrogen) atoms. The van der Waals surface area contributed by atoms with E-state index in [1.54, 1.807) is 0 Å². The predicted molar refractivity (Wildman–Crippen MR) is 59.4 cm³/mol. The van der Waals surface area contributed by atoms with Crippen LogP contribution in [0.15, 0.2) is 18.2 Å². The monoisotopic (exact) mass is 224 g/mol. The van der Waals surface area contributed by atoms with Gasteiger partial charge >= 0.3 is 5.97 Å². The Morgan fingerprint density at radius 3 is 2.67 bits per heavy atom. The highest BCUT2D eigenvalue weighted by Gasteiger charge is 2.45. The van der Waals surface area contributed by atoms with Crippen LogP contribution in [0, 0.1) is 6.92 Å². The van der Waals surface area contributed by atoms with Crippen molar-refractivity contribution in [1.82, 2.24) is 0 Å². The molecule has 80 valence electrons. The van der Waals surface area contributed by atoms with Crippen LogP contribution in [0.3, 0.4) is 0 Å². The third kappa shape index (κ3) is 2.00. The average molecular weight is 225 g/mol. The second-order valence-electron chi connectivity index (χ2n) is 4.31. The van der Waals surface area contributed by atoms with Crippen LogP contribution in [0.1, 0.15) is 30.4 Å². The molecule has 0 saturated heterocycles. The highest BCUT2D eigenvalue weighted by atomic mass is 35.5. The second kappa shape index (κ2) is 3.53. The number of rotatable bonds is 3. The Bertz CT molecular complexity index is 408. The van der Waals surface area contributed by atoms with Crippen molar-refractivity contribution in [3.63, 3.8) is 0 Å². The molecule has 3 heteroatoms. The summed E-state index contributed by atoms with van der Waals surface area (Å²) in [7, 11) is 0. The van der Waals surface area contributed by atoms with Crippen molar-refractivity contribution < 1.29 is 9.90 Å². The summed E-state index contributed by atoms with van der Waals surface area (Å²) in [5.41, 5.74) is 2.03. The average Bonchev–Trinajstić information content (AvgIpc) is 2.89. The van der Waals surface area contributed by atoms with E-state index in [4.69, 9.17) is 16.7 Å².